The van der Waals surface area contributed by atoms with Crippen molar-refractivity contribution in [3.05, 3.63) is 17.5 Å². The molecule has 5 nitrogen and oxygen atoms in total. The number of hydrogen-bond acceptors (Lipinski definition) is 6. The fourth-order valence-corrected chi connectivity index (χ4v) is 4.87. The van der Waals surface area contributed by atoms with Crippen molar-refractivity contribution in [1.29, 1.82) is 0 Å². The molecule has 0 saturated heterocycles. The van der Waals surface area contributed by atoms with Crippen LogP contribution in [0.3, 0.4) is 0 Å². The molecule has 0 aromatic carbocycles. The Hall–Kier alpha value is -0.960. The minimum Gasteiger partial charge on any atom is -0.296 e. The predicted octanol–water partition coefficient (Wildman–Crippen LogP) is 3.17. The van der Waals surface area contributed by atoms with E-state index in [4.69, 9.17) is 10.7 Å². The van der Waals surface area contributed by atoms with E-state index in [-0.39, 0.29) is 5.16 Å². The van der Waals surface area contributed by atoms with Gasteiger partial charge in [-0.2, -0.15) is 0 Å². The topological polar surface area (TPSA) is 64.8 Å². The Morgan fingerprint density at radius 1 is 1.37 bits per heavy atom. The number of hydrogen-bond donors (Lipinski definition) is 0. The zero-order valence-corrected chi connectivity index (χ0v) is 12.9. The molecule has 0 unspecified atom stereocenters. The molecular weight excluding hydrogens is 326 g/mol. The highest BCUT2D eigenvalue weighted by Gasteiger charge is 2.23. The largest absolute Gasteiger partial charge is 0.296 e. The van der Waals surface area contributed by atoms with Crippen molar-refractivity contribution in [2.24, 2.45) is 0 Å². The zero-order chi connectivity index (χ0) is 13.6. The van der Waals surface area contributed by atoms with Gasteiger partial charge in [-0.05, 0) is 24.4 Å². The molecule has 0 fully saturated rings. The van der Waals surface area contributed by atoms with Gasteiger partial charge < -0.3 is 0 Å². The van der Waals surface area contributed by atoms with Crippen molar-refractivity contribution >= 4 is 51.8 Å². The molecule has 3 heterocycles. The second-order valence-electron chi connectivity index (χ2n) is 3.75. The van der Waals surface area contributed by atoms with Crippen LogP contribution in [0.2, 0.25) is 0 Å². The van der Waals surface area contributed by atoms with Crippen LogP contribution in [-0.4, -0.2) is 23.2 Å². The second kappa shape index (κ2) is 4.55. The van der Waals surface area contributed by atoms with E-state index < -0.39 is 9.05 Å². The molecule has 100 valence electrons. The van der Waals surface area contributed by atoms with Crippen LogP contribution in [0.4, 0.5) is 0 Å². The van der Waals surface area contributed by atoms with Gasteiger partial charge in [-0.15, -0.1) is 32.9 Å². The average molecular weight is 334 g/mol. The van der Waals surface area contributed by atoms with E-state index in [0.717, 1.165) is 14.3 Å². The number of halogens is 1. The number of fused-ring (bicyclic) bond motifs is 1. The molecule has 0 spiro atoms. The molecule has 0 N–H and O–H groups in total. The molecule has 0 aliphatic rings. The van der Waals surface area contributed by atoms with Gasteiger partial charge in [0.25, 0.3) is 14.2 Å². The molecule has 3 rings (SSSR count). The third-order valence-electron chi connectivity index (χ3n) is 2.61. The third kappa shape index (κ3) is 2.18. The van der Waals surface area contributed by atoms with Crippen LogP contribution in [-0.2, 0) is 15.6 Å². The van der Waals surface area contributed by atoms with Crippen LogP contribution in [0.25, 0.3) is 20.1 Å². The smallest absolute Gasteiger partial charge is 0.296 e. The summed E-state index contributed by atoms with van der Waals surface area (Å²) in [5.74, 6) is 0.537. The monoisotopic (exact) mass is 333 g/mol. The quantitative estimate of drug-likeness (QED) is 0.690. The molecule has 0 radical (unpaired) electrons. The van der Waals surface area contributed by atoms with Gasteiger partial charge >= 0.3 is 0 Å². The molecule has 0 bridgehead atoms. The number of rotatable bonds is 3. The zero-order valence-electron chi connectivity index (χ0n) is 9.70. The molecule has 0 atom stereocenters. The average Bonchev–Trinajstić information content (AvgIpc) is 2.99. The van der Waals surface area contributed by atoms with Crippen LogP contribution < -0.4 is 0 Å². The van der Waals surface area contributed by atoms with Crippen LogP contribution >= 0.6 is 33.4 Å². The second-order valence-corrected chi connectivity index (χ2v) is 8.24. The molecule has 0 aliphatic heterocycles. The van der Waals surface area contributed by atoms with E-state index in [1.54, 1.807) is 22.7 Å². The minimum absolute atomic E-state index is 0.205. The van der Waals surface area contributed by atoms with E-state index in [0.29, 0.717) is 12.4 Å². The summed E-state index contributed by atoms with van der Waals surface area (Å²) in [5.41, 5.74) is 0. The Labute approximate surface area is 121 Å². The molecule has 9 heteroatoms. The number of aromatic nitrogens is 3. The molecule has 0 saturated carbocycles. The van der Waals surface area contributed by atoms with Gasteiger partial charge in [0.2, 0.25) is 0 Å². The molecule has 0 amide bonds. The van der Waals surface area contributed by atoms with Crippen molar-refractivity contribution in [2.45, 2.75) is 18.6 Å². The maximum absolute atomic E-state index is 11.4. The molecule has 3 aromatic heterocycles. The first-order valence-corrected chi connectivity index (χ1v) is 9.36. The maximum atomic E-state index is 11.4. The molecule has 19 heavy (non-hydrogen) atoms. The summed E-state index contributed by atoms with van der Waals surface area (Å²) < 4.78 is 26.7. The normalized spacial score (nSPS) is 12.3. The van der Waals surface area contributed by atoms with Gasteiger partial charge in [0, 0.05) is 26.6 Å². The minimum atomic E-state index is -3.88. The lowest BCUT2D eigenvalue weighted by molar-refractivity contribution is 0.583. The van der Waals surface area contributed by atoms with Gasteiger partial charge in [0.1, 0.15) is 0 Å². The third-order valence-corrected chi connectivity index (χ3v) is 5.85. The highest BCUT2D eigenvalue weighted by Crippen LogP contribution is 2.36. The van der Waals surface area contributed by atoms with Crippen molar-refractivity contribution in [2.75, 3.05) is 0 Å². The maximum Gasteiger partial charge on any atom is 0.296 e. The van der Waals surface area contributed by atoms with Gasteiger partial charge in [0.15, 0.2) is 5.82 Å². The number of nitrogens with zero attached hydrogens (tertiary/aromatic N) is 3. The highest BCUT2D eigenvalue weighted by atomic mass is 35.7. The molecular formula is C10H8ClN3O2S3. The van der Waals surface area contributed by atoms with Gasteiger partial charge in [0.05, 0.1) is 4.88 Å². The lowest BCUT2D eigenvalue weighted by Crippen LogP contribution is -2.05. The van der Waals surface area contributed by atoms with Gasteiger partial charge in [-0.3, -0.25) is 4.57 Å². The van der Waals surface area contributed by atoms with Crippen molar-refractivity contribution in [1.82, 2.24) is 14.8 Å². The van der Waals surface area contributed by atoms with Crippen molar-refractivity contribution in [3.8, 4) is 10.7 Å². The van der Waals surface area contributed by atoms with Crippen molar-refractivity contribution in [3.63, 3.8) is 0 Å². The van der Waals surface area contributed by atoms with Crippen LogP contribution in [0, 0.1) is 0 Å². The first-order chi connectivity index (χ1) is 9.00. The summed E-state index contributed by atoms with van der Waals surface area (Å²) in [5, 5.41) is 9.47. The molecule has 3 aromatic rings. The Kier molecular flexibility index (Phi) is 3.12. The first-order valence-electron chi connectivity index (χ1n) is 5.36. The first kappa shape index (κ1) is 13.0. The Morgan fingerprint density at radius 2 is 2.16 bits per heavy atom. The van der Waals surface area contributed by atoms with E-state index in [1.807, 2.05) is 24.4 Å². The van der Waals surface area contributed by atoms with E-state index >= 15 is 0 Å². The van der Waals surface area contributed by atoms with Crippen LogP contribution in [0.1, 0.15) is 6.92 Å². The van der Waals surface area contributed by atoms with Crippen molar-refractivity contribution < 1.29 is 8.42 Å². The van der Waals surface area contributed by atoms with Gasteiger partial charge in [-0.25, -0.2) is 8.42 Å². The van der Waals surface area contributed by atoms with E-state index in [2.05, 4.69) is 10.2 Å². The van der Waals surface area contributed by atoms with E-state index in [9.17, 15) is 8.42 Å². The SMILES string of the molecule is CCn1c(-c2cc3sccc3s2)nnc1S(=O)(=O)Cl. The molecule has 0 aliphatic carbocycles. The highest BCUT2D eigenvalue weighted by molar-refractivity contribution is 8.13. The lowest BCUT2D eigenvalue weighted by atomic mass is 10.4. The van der Waals surface area contributed by atoms with Crippen LogP contribution in [0.15, 0.2) is 22.7 Å². The lowest BCUT2D eigenvalue weighted by Gasteiger charge is -2.03. The Morgan fingerprint density at radius 3 is 2.79 bits per heavy atom. The fraction of sp³-hybridized carbons (Fsp3) is 0.200. The predicted molar refractivity (Wildman–Crippen MR) is 77.4 cm³/mol. The summed E-state index contributed by atoms with van der Waals surface area (Å²) in [7, 11) is 1.47. The van der Waals surface area contributed by atoms with E-state index in [1.165, 1.54) is 4.57 Å². The summed E-state index contributed by atoms with van der Waals surface area (Å²) in [6.45, 7) is 2.27. The summed E-state index contributed by atoms with van der Waals surface area (Å²) in [6.07, 6.45) is 0. The Balaban J connectivity index is 2.20. The summed E-state index contributed by atoms with van der Waals surface area (Å²) in [4.78, 5) is 0.891. The summed E-state index contributed by atoms with van der Waals surface area (Å²) in [6, 6.07) is 4.02. The van der Waals surface area contributed by atoms with Crippen LogP contribution in [0.5, 0.6) is 0 Å². The fourth-order valence-electron chi connectivity index (χ4n) is 1.81. The number of thiophene rings is 2. The Bertz CT molecular complexity index is 818. The summed E-state index contributed by atoms with van der Waals surface area (Å²) >= 11 is 3.20. The standard InChI is InChI=1S/C10H8ClN3O2S3/c1-2-14-9(12-13-10(14)19(11,15)16)8-5-7-6(18-8)3-4-17-7/h3-5H,2H2,1H3. The van der Waals surface area contributed by atoms with Gasteiger partial charge in [-0.1, -0.05) is 0 Å².